The van der Waals surface area contributed by atoms with Crippen LogP contribution in [0.25, 0.3) is 0 Å². The Bertz CT molecular complexity index is 884. The van der Waals surface area contributed by atoms with Crippen molar-refractivity contribution in [2.45, 2.75) is 44.8 Å². The van der Waals surface area contributed by atoms with Crippen molar-refractivity contribution in [3.63, 3.8) is 0 Å². The highest BCUT2D eigenvalue weighted by Crippen LogP contribution is 2.31. The van der Waals surface area contributed by atoms with Crippen LogP contribution in [0.15, 0.2) is 11.0 Å². The maximum absolute atomic E-state index is 13.0. The van der Waals surface area contributed by atoms with E-state index in [1.165, 1.54) is 11.3 Å². The Morgan fingerprint density at radius 1 is 1.35 bits per heavy atom. The number of aromatic nitrogens is 3. The van der Waals surface area contributed by atoms with Gasteiger partial charge in [0.05, 0.1) is 18.0 Å². The van der Waals surface area contributed by atoms with Gasteiger partial charge in [0.25, 0.3) is 0 Å². The Kier molecular flexibility index (Phi) is 3.77. The summed E-state index contributed by atoms with van der Waals surface area (Å²) in [5, 5.41) is 17.3. The fourth-order valence-corrected chi connectivity index (χ4v) is 5.79. The number of carboxylic acid groups (broad SMARTS) is 1. The van der Waals surface area contributed by atoms with E-state index in [0.717, 1.165) is 9.18 Å². The molecule has 0 bridgehead atoms. The smallest absolute Gasteiger partial charge is 0.323 e. The molecule has 0 aromatic carbocycles. The SMILES string of the molecule is Cc1cc(S(=O)(=O)N2Cc3nnc(C)n3CC2C(=O)O)c(C)s1. The van der Waals surface area contributed by atoms with E-state index in [0.29, 0.717) is 16.5 Å². The predicted molar refractivity (Wildman–Crippen MR) is 82.7 cm³/mol. The third kappa shape index (κ3) is 2.56. The van der Waals surface area contributed by atoms with Crippen molar-refractivity contribution < 1.29 is 18.3 Å². The molecule has 1 unspecified atom stereocenters. The van der Waals surface area contributed by atoms with Crippen molar-refractivity contribution in [1.82, 2.24) is 19.1 Å². The summed E-state index contributed by atoms with van der Waals surface area (Å²) in [7, 11) is -3.92. The van der Waals surface area contributed by atoms with Crippen molar-refractivity contribution in [2.75, 3.05) is 0 Å². The normalized spacial score (nSPS) is 18.8. The second kappa shape index (κ2) is 5.39. The van der Waals surface area contributed by atoms with Gasteiger partial charge in [0.1, 0.15) is 17.7 Å². The van der Waals surface area contributed by atoms with Crippen molar-refractivity contribution >= 4 is 27.3 Å². The van der Waals surface area contributed by atoms with Crippen LogP contribution >= 0.6 is 11.3 Å². The summed E-state index contributed by atoms with van der Waals surface area (Å²) in [6.07, 6.45) is 0. The van der Waals surface area contributed by atoms with Crippen LogP contribution in [0, 0.1) is 20.8 Å². The fraction of sp³-hybridized carbons (Fsp3) is 0.462. The van der Waals surface area contributed by atoms with Crippen molar-refractivity contribution in [3.8, 4) is 0 Å². The van der Waals surface area contributed by atoms with E-state index in [1.807, 2.05) is 6.92 Å². The van der Waals surface area contributed by atoms with E-state index in [4.69, 9.17) is 0 Å². The molecule has 0 saturated carbocycles. The maximum atomic E-state index is 13.0. The zero-order chi connectivity index (χ0) is 16.9. The Balaban J connectivity index is 2.09. The van der Waals surface area contributed by atoms with Gasteiger partial charge in [-0.05, 0) is 26.8 Å². The molecule has 1 aliphatic heterocycles. The van der Waals surface area contributed by atoms with Crippen LogP contribution in [-0.2, 0) is 27.9 Å². The minimum atomic E-state index is -3.92. The second-order valence-electron chi connectivity index (χ2n) is 5.46. The largest absolute Gasteiger partial charge is 0.480 e. The Morgan fingerprint density at radius 2 is 2.04 bits per heavy atom. The van der Waals surface area contributed by atoms with E-state index in [-0.39, 0.29) is 18.0 Å². The van der Waals surface area contributed by atoms with Crippen LogP contribution in [-0.4, -0.2) is 44.6 Å². The van der Waals surface area contributed by atoms with Crippen LogP contribution in [0.2, 0.25) is 0 Å². The van der Waals surface area contributed by atoms with E-state index < -0.39 is 22.0 Å². The van der Waals surface area contributed by atoms with Gasteiger partial charge in [-0.3, -0.25) is 4.79 Å². The van der Waals surface area contributed by atoms with Gasteiger partial charge in [0.2, 0.25) is 10.0 Å². The van der Waals surface area contributed by atoms with Gasteiger partial charge in [-0.15, -0.1) is 21.5 Å². The Labute approximate surface area is 137 Å². The molecule has 0 fully saturated rings. The van der Waals surface area contributed by atoms with Gasteiger partial charge >= 0.3 is 5.97 Å². The third-order valence-corrected chi connectivity index (χ3v) is 6.96. The first kappa shape index (κ1) is 16.1. The summed E-state index contributed by atoms with van der Waals surface area (Å²) in [6.45, 7) is 5.16. The fourth-order valence-electron chi connectivity index (χ4n) is 2.74. The van der Waals surface area contributed by atoms with Gasteiger partial charge in [0, 0.05) is 9.75 Å². The number of hydrogen-bond acceptors (Lipinski definition) is 6. The molecule has 3 heterocycles. The highest BCUT2D eigenvalue weighted by Gasteiger charge is 2.42. The molecule has 1 atom stereocenters. The van der Waals surface area contributed by atoms with E-state index in [1.54, 1.807) is 24.5 Å². The summed E-state index contributed by atoms with van der Waals surface area (Å²) in [4.78, 5) is 13.3. The first-order valence-corrected chi connectivity index (χ1v) is 9.18. The van der Waals surface area contributed by atoms with Crippen LogP contribution in [0.3, 0.4) is 0 Å². The molecule has 2 aromatic heterocycles. The quantitative estimate of drug-likeness (QED) is 0.877. The molecule has 124 valence electrons. The van der Waals surface area contributed by atoms with Gasteiger partial charge in [-0.2, -0.15) is 4.31 Å². The standard InChI is InChI=1S/C13H16N4O4S2/c1-7-4-11(8(2)22-7)23(20,21)17-6-12-15-14-9(3)16(12)5-10(17)13(18)19/h4,10H,5-6H2,1-3H3,(H,18,19). The molecule has 0 aliphatic carbocycles. The van der Waals surface area contributed by atoms with Gasteiger partial charge in [-0.1, -0.05) is 0 Å². The number of rotatable bonds is 3. The third-order valence-electron chi connectivity index (χ3n) is 3.88. The maximum Gasteiger partial charge on any atom is 0.323 e. The number of aryl methyl sites for hydroxylation is 3. The molecule has 3 rings (SSSR count). The number of carbonyl (C=O) groups is 1. The highest BCUT2D eigenvalue weighted by molar-refractivity contribution is 7.89. The zero-order valence-corrected chi connectivity index (χ0v) is 14.5. The van der Waals surface area contributed by atoms with Crippen molar-refractivity contribution in [1.29, 1.82) is 0 Å². The highest BCUT2D eigenvalue weighted by atomic mass is 32.2. The molecule has 10 heteroatoms. The number of fused-ring (bicyclic) bond motifs is 1. The number of sulfonamides is 1. The lowest BCUT2D eigenvalue weighted by Gasteiger charge is -2.32. The van der Waals surface area contributed by atoms with Crippen molar-refractivity contribution in [2.24, 2.45) is 0 Å². The summed E-state index contributed by atoms with van der Waals surface area (Å²) in [5.74, 6) is -0.157. The van der Waals surface area contributed by atoms with Gasteiger partial charge in [-0.25, -0.2) is 8.42 Å². The number of thiophene rings is 1. The molecule has 23 heavy (non-hydrogen) atoms. The van der Waals surface area contributed by atoms with E-state index >= 15 is 0 Å². The summed E-state index contributed by atoms with van der Waals surface area (Å²) < 4.78 is 28.6. The summed E-state index contributed by atoms with van der Waals surface area (Å²) in [6, 6.07) is 0.403. The second-order valence-corrected chi connectivity index (χ2v) is 8.78. The number of hydrogen-bond donors (Lipinski definition) is 1. The van der Waals surface area contributed by atoms with E-state index in [9.17, 15) is 18.3 Å². The Hall–Kier alpha value is -1.78. The van der Waals surface area contributed by atoms with Crippen LogP contribution < -0.4 is 0 Å². The van der Waals surface area contributed by atoms with Crippen LogP contribution in [0.4, 0.5) is 0 Å². The molecule has 0 radical (unpaired) electrons. The molecular formula is C13H16N4O4S2. The minimum absolute atomic E-state index is 0.00486. The molecule has 8 nitrogen and oxygen atoms in total. The molecule has 0 spiro atoms. The minimum Gasteiger partial charge on any atom is -0.480 e. The average molecular weight is 356 g/mol. The molecule has 1 aliphatic rings. The van der Waals surface area contributed by atoms with Crippen LogP contribution in [0.5, 0.6) is 0 Å². The zero-order valence-electron chi connectivity index (χ0n) is 12.8. The number of carboxylic acids is 1. The number of aliphatic carboxylic acids is 1. The topological polar surface area (TPSA) is 105 Å². The van der Waals surface area contributed by atoms with Gasteiger partial charge in [0.15, 0.2) is 0 Å². The first-order valence-electron chi connectivity index (χ1n) is 6.92. The predicted octanol–water partition coefficient (Wildman–Crippen LogP) is 0.923. The lowest BCUT2D eigenvalue weighted by Crippen LogP contribution is -2.50. The summed E-state index contributed by atoms with van der Waals surface area (Å²) >= 11 is 1.37. The molecule has 0 saturated heterocycles. The van der Waals surface area contributed by atoms with Crippen LogP contribution in [0.1, 0.15) is 21.4 Å². The molecular weight excluding hydrogens is 340 g/mol. The van der Waals surface area contributed by atoms with E-state index in [2.05, 4.69) is 10.2 Å². The molecule has 2 aromatic rings. The molecule has 1 N–H and O–H groups in total. The summed E-state index contributed by atoms with van der Waals surface area (Å²) in [5.41, 5.74) is 0. The van der Waals surface area contributed by atoms with Crippen molar-refractivity contribution in [3.05, 3.63) is 27.5 Å². The lowest BCUT2D eigenvalue weighted by molar-refractivity contribution is -0.142. The monoisotopic (exact) mass is 356 g/mol. The molecule has 0 amide bonds. The van der Waals surface area contributed by atoms with Gasteiger partial charge < -0.3 is 9.67 Å². The Morgan fingerprint density at radius 3 is 2.61 bits per heavy atom. The lowest BCUT2D eigenvalue weighted by atomic mass is 10.2. The first-order chi connectivity index (χ1) is 10.7. The number of nitrogens with zero attached hydrogens (tertiary/aromatic N) is 4. The average Bonchev–Trinajstić information content (AvgIpc) is 3.00.